The van der Waals surface area contributed by atoms with Gasteiger partial charge in [0.05, 0.1) is 17.4 Å². The van der Waals surface area contributed by atoms with Gasteiger partial charge in [0.1, 0.15) is 0 Å². The largest absolute Gasteiger partial charge is 0.337 e. The van der Waals surface area contributed by atoms with Crippen LogP contribution in [0.25, 0.3) is 11.4 Å². The molecule has 4 rings (SSSR count). The van der Waals surface area contributed by atoms with Gasteiger partial charge in [0.2, 0.25) is 27.6 Å². The van der Waals surface area contributed by atoms with E-state index in [1.54, 1.807) is 19.2 Å². The fourth-order valence-corrected chi connectivity index (χ4v) is 5.58. The maximum Gasteiger partial charge on any atom is 0.246 e. The summed E-state index contributed by atoms with van der Waals surface area (Å²) >= 11 is 5.88. The van der Waals surface area contributed by atoms with E-state index in [0.717, 1.165) is 11.1 Å². The van der Waals surface area contributed by atoms with Gasteiger partial charge in [0.25, 0.3) is 0 Å². The minimum atomic E-state index is -3.70. The lowest BCUT2D eigenvalue weighted by atomic mass is 9.98. The second-order valence-corrected chi connectivity index (χ2v) is 10.6. The number of carbonyl (C=O) groups excluding carboxylic acids is 1. The van der Waals surface area contributed by atoms with E-state index in [-0.39, 0.29) is 23.9 Å². The first-order valence-electron chi connectivity index (χ1n) is 10.6. The Hall–Kier alpha value is -2.75. The van der Waals surface area contributed by atoms with Crippen molar-refractivity contribution in [2.45, 2.75) is 31.2 Å². The number of carbonyl (C=O) groups is 1. The minimum Gasteiger partial charge on any atom is -0.337 e. The van der Waals surface area contributed by atoms with Crippen molar-refractivity contribution in [2.24, 2.45) is 5.92 Å². The molecule has 8 nitrogen and oxygen atoms in total. The predicted octanol–water partition coefficient (Wildman–Crippen LogP) is 3.76. The van der Waals surface area contributed by atoms with Crippen LogP contribution in [-0.4, -0.2) is 53.8 Å². The standard InChI is InChI=1S/C23H25ClN4O4S/c1-16-5-3-6-17(13-16)22-25-21(32-26-22)15-27(2)23(29)18-7-4-12-28(14-18)33(30,31)20-10-8-19(24)9-11-20/h3,5-6,8-11,13,18H,4,7,12,14-15H2,1-2H3/t18-/m1/s1. The minimum absolute atomic E-state index is 0.131. The molecule has 0 aliphatic carbocycles. The number of piperidine rings is 1. The molecule has 1 amide bonds. The number of halogens is 1. The number of amides is 1. The first-order valence-corrected chi connectivity index (χ1v) is 12.5. The number of nitrogens with zero attached hydrogens (tertiary/aromatic N) is 4. The molecule has 0 saturated carbocycles. The second kappa shape index (κ2) is 9.62. The lowest BCUT2D eigenvalue weighted by Crippen LogP contribution is -2.45. The summed E-state index contributed by atoms with van der Waals surface area (Å²) in [6.07, 6.45) is 1.23. The number of aryl methyl sites for hydroxylation is 1. The van der Waals surface area contributed by atoms with Crippen molar-refractivity contribution in [1.29, 1.82) is 0 Å². The highest BCUT2D eigenvalue weighted by Crippen LogP contribution is 2.26. The number of rotatable bonds is 6. The Morgan fingerprint density at radius 2 is 2.00 bits per heavy atom. The fraction of sp³-hybridized carbons (Fsp3) is 0.348. The van der Waals surface area contributed by atoms with Gasteiger partial charge in [0, 0.05) is 30.7 Å². The zero-order valence-corrected chi connectivity index (χ0v) is 20.0. The molecule has 1 saturated heterocycles. The first kappa shape index (κ1) is 23.4. The van der Waals surface area contributed by atoms with Gasteiger partial charge in [0.15, 0.2) is 0 Å². The van der Waals surface area contributed by atoms with Crippen molar-refractivity contribution >= 4 is 27.5 Å². The molecule has 1 fully saturated rings. The number of sulfonamides is 1. The Labute approximate surface area is 198 Å². The second-order valence-electron chi connectivity index (χ2n) is 8.23. The number of hydrogen-bond donors (Lipinski definition) is 0. The van der Waals surface area contributed by atoms with Crippen molar-refractivity contribution < 1.29 is 17.7 Å². The van der Waals surface area contributed by atoms with E-state index in [0.29, 0.717) is 36.1 Å². The van der Waals surface area contributed by atoms with Crippen LogP contribution < -0.4 is 0 Å². The van der Waals surface area contributed by atoms with Crippen LogP contribution in [0.4, 0.5) is 0 Å². The average Bonchev–Trinajstić information content (AvgIpc) is 3.27. The maximum absolute atomic E-state index is 13.1. The summed E-state index contributed by atoms with van der Waals surface area (Å²) in [5.41, 5.74) is 1.93. The summed E-state index contributed by atoms with van der Waals surface area (Å²) in [6.45, 7) is 2.64. The lowest BCUT2D eigenvalue weighted by Gasteiger charge is -2.33. The van der Waals surface area contributed by atoms with Crippen LogP contribution in [-0.2, 0) is 21.4 Å². The summed E-state index contributed by atoms with van der Waals surface area (Å²) in [6, 6.07) is 13.8. The van der Waals surface area contributed by atoms with E-state index in [4.69, 9.17) is 16.1 Å². The van der Waals surface area contributed by atoms with Crippen LogP contribution in [0.5, 0.6) is 0 Å². The van der Waals surface area contributed by atoms with E-state index in [9.17, 15) is 13.2 Å². The van der Waals surface area contributed by atoms with Crippen LogP contribution in [0.1, 0.15) is 24.3 Å². The Morgan fingerprint density at radius 1 is 1.24 bits per heavy atom. The number of aromatic nitrogens is 2. The molecule has 0 unspecified atom stereocenters. The van der Waals surface area contributed by atoms with Crippen molar-refractivity contribution in [3.8, 4) is 11.4 Å². The smallest absolute Gasteiger partial charge is 0.246 e. The Kier molecular flexibility index (Phi) is 6.83. The SMILES string of the molecule is Cc1cccc(-c2noc(CN(C)C(=O)[C@@H]3CCCN(S(=O)(=O)c4ccc(Cl)cc4)C3)n2)c1. The van der Waals surface area contributed by atoms with Crippen molar-refractivity contribution in [3.05, 3.63) is 65.0 Å². The van der Waals surface area contributed by atoms with Crippen LogP contribution in [0.3, 0.4) is 0 Å². The van der Waals surface area contributed by atoms with Gasteiger partial charge in [-0.05, 0) is 50.1 Å². The highest BCUT2D eigenvalue weighted by molar-refractivity contribution is 7.89. The third-order valence-electron chi connectivity index (χ3n) is 5.68. The van der Waals surface area contributed by atoms with Crippen molar-refractivity contribution in [1.82, 2.24) is 19.3 Å². The molecule has 1 atom stereocenters. The molecule has 3 aromatic rings. The topological polar surface area (TPSA) is 96.6 Å². The highest BCUT2D eigenvalue weighted by atomic mass is 35.5. The molecule has 1 aliphatic rings. The Morgan fingerprint density at radius 3 is 2.73 bits per heavy atom. The highest BCUT2D eigenvalue weighted by Gasteiger charge is 2.34. The van der Waals surface area contributed by atoms with E-state index >= 15 is 0 Å². The summed E-state index contributed by atoms with van der Waals surface area (Å²) in [4.78, 5) is 19.2. The third kappa shape index (κ3) is 5.26. The Bertz CT molecular complexity index is 1240. The van der Waals surface area contributed by atoms with Crippen molar-refractivity contribution in [2.75, 3.05) is 20.1 Å². The van der Waals surface area contributed by atoms with E-state index in [2.05, 4.69) is 10.1 Å². The molecule has 33 heavy (non-hydrogen) atoms. The zero-order valence-electron chi connectivity index (χ0n) is 18.4. The first-order chi connectivity index (χ1) is 15.7. The summed E-state index contributed by atoms with van der Waals surface area (Å²) < 4.78 is 32.7. The quantitative estimate of drug-likeness (QED) is 0.524. The van der Waals surface area contributed by atoms with Gasteiger partial charge in [-0.2, -0.15) is 9.29 Å². The van der Waals surface area contributed by atoms with Gasteiger partial charge in [-0.15, -0.1) is 0 Å². The van der Waals surface area contributed by atoms with Gasteiger partial charge in [-0.3, -0.25) is 4.79 Å². The van der Waals surface area contributed by atoms with Gasteiger partial charge in [-0.1, -0.05) is 40.5 Å². The Balaban J connectivity index is 1.42. The molecular formula is C23H25ClN4O4S. The van der Waals surface area contributed by atoms with E-state index in [1.807, 2.05) is 31.2 Å². The van der Waals surface area contributed by atoms with Crippen LogP contribution in [0.2, 0.25) is 5.02 Å². The molecule has 2 heterocycles. The molecular weight excluding hydrogens is 464 g/mol. The molecule has 0 spiro atoms. The average molecular weight is 489 g/mol. The van der Waals surface area contributed by atoms with Crippen molar-refractivity contribution in [3.63, 3.8) is 0 Å². The molecule has 174 valence electrons. The molecule has 1 aromatic heterocycles. The van der Waals surface area contributed by atoms with E-state index < -0.39 is 15.9 Å². The molecule has 0 radical (unpaired) electrons. The van der Waals surface area contributed by atoms with E-state index in [1.165, 1.54) is 21.3 Å². The van der Waals surface area contributed by atoms with Crippen LogP contribution in [0.15, 0.2) is 57.9 Å². The van der Waals surface area contributed by atoms with Crippen LogP contribution in [0, 0.1) is 12.8 Å². The summed E-state index contributed by atoms with van der Waals surface area (Å²) in [5.74, 6) is 0.197. The van der Waals surface area contributed by atoms with Gasteiger partial charge >= 0.3 is 0 Å². The maximum atomic E-state index is 13.1. The number of benzene rings is 2. The third-order valence-corrected chi connectivity index (χ3v) is 7.81. The predicted molar refractivity (Wildman–Crippen MR) is 124 cm³/mol. The monoisotopic (exact) mass is 488 g/mol. The van der Waals surface area contributed by atoms with Gasteiger partial charge < -0.3 is 9.42 Å². The molecule has 0 bridgehead atoms. The fourth-order valence-electron chi connectivity index (χ4n) is 3.93. The normalized spacial score (nSPS) is 17.1. The molecule has 1 aliphatic heterocycles. The van der Waals surface area contributed by atoms with Crippen LogP contribution >= 0.6 is 11.6 Å². The summed E-state index contributed by atoms with van der Waals surface area (Å²) in [7, 11) is -2.04. The van der Waals surface area contributed by atoms with Gasteiger partial charge in [-0.25, -0.2) is 8.42 Å². The molecule has 0 N–H and O–H groups in total. The number of hydrogen-bond acceptors (Lipinski definition) is 6. The molecule has 2 aromatic carbocycles. The zero-order chi connectivity index (χ0) is 23.6. The lowest BCUT2D eigenvalue weighted by molar-refractivity contribution is -0.136. The summed E-state index contributed by atoms with van der Waals surface area (Å²) in [5, 5.41) is 4.48. The molecule has 10 heteroatoms.